The SMILES string of the molecule is COc1ccc(/C=C2/NC(=S)N(c3ccccc3C)C2=O)cc1COc1cccc([N+](=O)[O-])c1. The number of para-hydroxylation sites is 1. The maximum Gasteiger partial charge on any atom is 0.281 e. The average molecular weight is 476 g/mol. The van der Waals surface area contributed by atoms with E-state index >= 15 is 0 Å². The van der Waals surface area contributed by atoms with E-state index in [9.17, 15) is 14.9 Å². The van der Waals surface area contributed by atoms with E-state index in [-0.39, 0.29) is 18.2 Å². The van der Waals surface area contributed by atoms with Crippen LogP contribution in [0.3, 0.4) is 0 Å². The zero-order chi connectivity index (χ0) is 24.2. The normalized spacial score (nSPS) is 14.3. The first kappa shape index (κ1) is 22.9. The van der Waals surface area contributed by atoms with Crippen molar-refractivity contribution in [2.24, 2.45) is 0 Å². The highest BCUT2D eigenvalue weighted by Gasteiger charge is 2.32. The first-order chi connectivity index (χ1) is 16.4. The maximum atomic E-state index is 13.1. The molecule has 0 radical (unpaired) electrons. The average Bonchev–Trinajstić information content (AvgIpc) is 3.10. The summed E-state index contributed by atoms with van der Waals surface area (Å²) in [5.74, 6) is 0.715. The molecule has 0 spiro atoms. The number of nitrogens with one attached hydrogen (secondary N) is 1. The van der Waals surface area contributed by atoms with Crippen LogP contribution in [0.5, 0.6) is 11.5 Å². The van der Waals surface area contributed by atoms with Crippen LogP contribution in [0.15, 0.2) is 72.4 Å². The molecule has 0 aromatic heterocycles. The number of rotatable bonds is 7. The lowest BCUT2D eigenvalue weighted by atomic mass is 10.1. The van der Waals surface area contributed by atoms with Crippen molar-refractivity contribution in [2.75, 3.05) is 12.0 Å². The molecule has 1 amide bonds. The molecule has 1 aliphatic heterocycles. The Morgan fingerprint density at radius 2 is 1.91 bits per heavy atom. The van der Waals surface area contributed by atoms with Crippen molar-refractivity contribution in [1.82, 2.24) is 5.32 Å². The topological polar surface area (TPSA) is 93.9 Å². The van der Waals surface area contributed by atoms with Gasteiger partial charge in [-0.25, -0.2) is 0 Å². The molecule has 1 fully saturated rings. The van der Waals surface area contributed by atoms with E-state index in [0.717, 1.165) is 16.8 Å². The zero-order valence-corrected chi connectivity index (χ0v) is 19.3. The van der Waals surface area contributed by atoms with Crippen LogP contribution >= 0.6 is 12.2 Å². The molecule has 0 atom stereocenters. The minimum Gasteiger partial charge on any atom is -0.496 e. The molecule has 3 aromatic rings. The predicted octanol–water partition coefficient (Wildman–Crippen LogP) is 4.75. The molecule has 1 saturated heterocycles. The quantitative estimate of drug-likeness (QED) is 0.228. The number of anilines is 1. The molecule has 0 saturated carbocycles. The van der Waals surface area contributed by atoms with Crippen molar-refractivity contribution in [2.45, 2.75) is 13.5 Å². The van der Waals surface area contributed by atoms with E-state index in [4.69, 9.17) is 21.7 Å². The largest absolute Gasteiger partial charge is 0.496 e. The van der Waals surface area contributed by atoms with E-state index in [0.29, 0.717) is 27.9 Å². The molecular formula is C25H21N3O5S. The zero-order valence-electron chi connectivity index (χ0n) is 18.5. The van der Waals surface area contributed by atoms with Crippen LogP contribution in [0.2, 0.25) is 0 Å². The van der Waals surface area contributed by atoms with Gasteiger partial charge in [0.05, 0.1) is 23.8 Å². The number of benzene rings is 3. The second-order valence-corrected chi connectivity index (χ2v) is 7.92. The summed E-state index contributed by atoms with van der Waals surface area (Å²) in [5, 5.41) is 14.3. The lowest BCUT2D eigenvalue weighted by Crippen LogP contribution is -2.30. The van der Waals surface area contributed by atoms with Crippen LogP contribution in [0.4, 0.5) is 11.4 Å². The number of carbonyl (C=O) groups excluding carboxylic acids is 1. The van der Waals surface area contributed by atoms with Gasteiger partial charge in [-0.3, -0.25) is 19.8 Å². The molecule has 9 heteroatoms. The Kier molecular flexibility index (Phi) is 6.55. The van der Waals surface area contributed by atoms with Crippen LogP contribution in [-0.4, -0.2) is 23.1 Å². The van der Waals surface area contributed by atoms with Gasteiger partial charge in [-0.2, -0.15) is 0 Å². The van der Waals surface area contributed by atoms with E-state index in [1.54, 1.807) is 31.4 Å². The van der Waals surface area contributed by atoms with Crippen molar-refractivity contribution in [3.63, 3.8) is 0 Å². The Labute approximate surface area is 201 Å². The number of aryl methyl sites for hydroxylation is 1. The number of thiocarbonyl (C=S) groups is 1. The van der Waals surface area contributed by atoms with E-state index in [1.807, 2.05) is 43.3 Å². The second-order valence-electron chi connectivity index (χ2n) is 7.53. The number of carbonyl (C=O) groups is 1. The number of hydrogen-bond donors (Lipinski definition) is 1. The Hall–Kier alpha value is -4.24. The Morgan fingerprint density at radius 3 is 2.65 bits per heavy atom. The van der Waals surface area contributed by atoms with Crippen LogP contribution in [0, 0.1) is 17.0 Å². The monoisotopic (exact) mass is 475 g/mol. The summed E-state index contributed by atoms with van der Waals surface area (Å²) in [6.07, 6.45) is 1.71. The summed E-state index contributed by atoms with van der Waals surface area (Å²) in [4.78, 5) is 25.1. The molecule has 8 nitrogen and oxygen atoms in total. The summed E-state index contributed by atoms with van der Waals surface area (Å²) < 4.78 is 11.2. The highest BCUT2D eigenvalue weighted by molar-refractivity contribution is 7.80. The molecule has 3 aromatic carbocycles. The highest BCUT2D eigenvalue weighted by atomic mass is 32.1. The fourth-order valence-electron chi connectivity index (χ4n) is 3.58. The molecule has 1 aliphatic rings. The van der Waals surface area contributed by atoms with Gasteiger partial charge in [0.15, 0.2) is 5.11 Å². The van der Waals surface area contributed by atoms with E-state index < -0.39 is 4.92 Å². The molecule has 1 N–H and O–H groups in total. The summed E-state index contributed by atoms with van der Waals surface area (Å²) >= 11 is 5.41. The first-order valence-electron chi connectivity index (χ1n) is 10.3. The van der Waals surface area contributed by atoms with Gasteiger partial charge in [0, 0.05) is 11.6 Å². The molecule has 1 heterocycles. The third-order valence-corrected chi connectivity index (χ3v) is 5.56. The number of methoxy groups -OCH3 is 1. The number of nitrogens with zero attached hydrogens (tertiary/aromatic N) is 2. The predicted molar refractivity (Wildman–Crippen MR) is 133 cm³/mol. The van der Waals surface area contributed by atoms with E-state index in [2.05, 4.69) is 5.32 Å². The third kappa shape index (κ3) is 4.74. The summed E-state index contributed by atoms with van der Waals surface area (Å²) in [5.41, 5.74) is 3.42. The number of ether oxygens (including phenoxy) is 2. The van der Waals surface area contributed by atoms with Gasteiger partial charge in [0.25, 0.3) is 11.6 Å². The second kappa shape index (κ2) is 9.72. The van der Waals surface area contributed by atoms with Crippen molar-refractivity contribution in [3.05, 3.63) is 99.2 Å². The van der Waals surface area contributed by atoms with Crippen molar-refractivity contribution in [1.29, 1.82) is 0 Å². The van der Waals surface area contributed by atoms with Gasteiger partial charge >= 0.3 is 0 Å². The molecule has 172 valence electrons. The molecule has 34 heavy (non-hydrogen) atoms. The van der Waals surface area contributed by atoms with Crippen LogP contribution < -0.4 is 19.7 Å². The lowest BCUT2D eigenvalue weighted by molar-refractivity contribution is -0.384. The van der Waals surface area contributed by atoms with Crippen LogP contribution in [0.25, 0.3) is 6.08 Å². The number of hydrogen-bond acceptors (Lipinski definition) is 6. The lowest BCUT2D eigenvalue weighted by Gasteiger charge is -2.16. The third-order valence-electron chi connectivity index (χ3n) is 5.27. The van der Waals surface area contributed by atoms with Gasteiger partial charge in [0.2, 0.25) is 0 Å². The Balaban J connectivity index is 1.57. The Morgan fingerprint density at radius 1 is 1.12 bits per heavy atom. The Bertz CT molecular complexity index is 1320. The fourth-order valence-corrected chi connectivity index (χ4v) is 3.88. The van der Waals surface area contributed by atoms with Crippen LogP contribution in [0.1, 0.15) is 16.7 Å². The molecule has 0 aliphatic carbocycles. The minimum absolute atomic E-state index is 0.0528. The molecule has 0 unspecified atom stereocenters. The number of amides is 1. The van der Waals surface area contributed by atoms with Crippen molar-refractivity contribution >= 4 is 40.7 Å². The number of non-ortho nitro benzene ring substituents is 1. The highest BCUT2D eigenvalue weighted by Crippen LogP contribution is 2.28. The molecule has 0 bridgehead atoms. The van der Waals surface area contributed by atoms with Gasteiger partial charge in [0.1, 0.15) is 23.8 Å². The smallest absolute Gasteiger partial charge is 0.281 e. The summed E-state index contributed by atoms with van der Waals surface area (Å²) in [6.45, 7) is 2.04. The number of nitro groups is 1. The van der Waals surface area contributed by atoms with Gasteiger partial charge < -0.3 is 14.8 Å². The minimum atomic E-state index is -0.476. The van der Waals surface area contributed by atoms with Crippen LogP contribution in [-0.2, 0) is 11.4 Å². The number of nitro benzene ring substituents is 1. The fraction of sp³-hybridized carbons (Fsp3) is 0.120. The summed E-state index contributed by atoms with van der Waals surface area (Å²) in [6, 6.07) is 18.9. The maximum absolute atomic E-state index is 13.1. The van der Waals surface area contributed by atoms with Gasteiger partial charge in [-0.05, 0) is 60.6 Å². The molecule has 4 rings (SSSR count). The first-order valence-corrected chi connectivity index (χ1v) is 10.7. The van der Waals surface area contributed by atoms with Crippen molar-refractivity contribution < 1.29 is 19.2 Å². The van der Waals surface area contributed by atoms with E-state index in [1.165, 1.54) is 17.0 Å². The molecular weight excluding hydrogens is 454 g/mol. The standard InChI is InChI=1S/C25H21N3O5S/c1-16-6-3-4-9-22(16)27-24(29)21(26-25(27)34)13-17-10-11-23(32-2)18(12-17)15-33-20-8-5-7-19(14-20)28(30)31/h3-14H,15H2,1-2H3,(H,26,34)/b21-13+. The van der Waals surface area contributed by atoms with Gasteiger partial charge in [-0.1, -0.05) is 30.3 Å². The summed E-state index contributed by atoms with van der Waals surface area (Å²) in [7, 11) is 1.55. The van der Waals surface area contributed by atoms with Gasteiger partial charge in [-0.15, -0.1) is 0 Å². The van der Waals surface area contributed by atoms with Crippen molar-refractivity contribution in [3.8, 4) is 11.5 Å².